The second-order valence-electron chi connectivity index (χ2n) is 3.53. The fourth-order valence-corrected chi connectivity index (χ4v) is 3.24. The van der Waals surface area contributed by atoms with E-state index in [2.05, 4.69) is 11.2 Å². The number of halogens is 1. The third-order valence-electron chi connectivity index (χ3n) is 2.33. The van der Waals surface area contributed by atoms with Gasteiger partial charge < -0.3 is 5.73 Å². The molecule has 5 heteroatoms. The lowest BCUT2D eigenvalue weighted by atomic mass is 10.2. The number of nitrogens with two attached hydrogens (primary N) is 1. The molecular weight excluding hydrogens is 260 g/mol. The Morgan fingerprint density at radius 2 is 2.38 bits per heavy atom. The number of thioether (sulfide) groups is 1. The minimum Gasteiger partial charge on any atom is -0.322 e. The number of rotatable bonds is 4. The van der Waals surface area contributed by atoms with Crippen LogP contribution in [0.5, 0.6) is 0 Å². The lowest BCUT2D eigenvalue weighted by Gasteiger charge is -2.05. The van der Waals surface area contributed by atoms with E-state index >= 15 is 0 Å². The first-order valence-electron chi connectivity index (χ1n) is 5.02. The Hall–Kier alpha value is -0.290. The Bertz CT molecular complexity index is 484. The summed E-state index contributed by atoms with van der Waals surface area (Å²) in [5.74, 6) is 1.06. The van der Waals surface area contributed by atoms with Crippen molar-refractivity contribution < 1.29 is 0 Å². The maximum Gasteiger partial charge on any atom is 0.111 e. The third kappa shape index (κ3) is 2.51. The molecule has 1 aromatic carbocycles. The smallest absolute Gasteiger partial charge is 0.111 e. The van der Waals surface area contributed by atoms with Gasteiger partial charge in [0, 0.05) is 0 Å². The summed E-state index contributed by atoms with van der Waals surface area (Å²) in [5.41, 5.74) is 7.04. The molecule has 1 aromatic heterocycles. The molecule has 0 saturated carbocycles. The van der Waals surface area contributed by atoms with Crippen LogP contribution >= 0.6 is 34.7 Å². The molecule has 0 saturated heterocycles. The van der Waals surface area contributed by atoms with Crippen molar-refractivity contribution in [2.45, 2.75) is 12.5 Å². The molecule has 16 heavy (non-hydrogen) atoms. The summed E-state index contributed by atoms with van der Waals surface area (Å²) in [6, 6.07) is 5.81. The second kappa shape index (κ2) is 5.36. The highest BCUT2D eigenvalue weighted by atomic mass is 35.5. The number of fused-ring (bicyclic) bond motifs is 1. The van der Waals surface area contributed by atoms with Gasteiger partial charge in [0.2, 0.25) is 0 Å². The van der Waals surface area contributed by atoms with Crippen molar-refractivity contribution in [1.29, 1.82) is 0 Å². The number of benzene rings is 1. The highest BCUT2D eigenvalue weighted by molar-refractivity contribution is 7.98. The van der Waals surface area contributed by atoms with Crippen LogP contribution < -0.4 is 5.73 Å². The Balaban J connectivity index is 2.29. The summed E-state index contributed by atoms with van der Waals surface area (Å²) in [5, 5.41) is 1.75. The first-order valence-corrected chi connectivity index (χ1v) is 7.60. The SMILES string of the molecule is CSCCC(N)c1nc2cccc(Cl)c2s1. The quantitative estimate of drug-likeness (QED) is 0.922. The van der Waals surface area contributed by atoms with E-state index < -0.39 is 0 Å². The van der Waals surface area contributed by atoms with Crippen molar-refractivity contribution in [3.05, 3.63) is 28.2 Å². The fraction of sp³-hybridized carbons (Fsp3) is 0.364. The zero-order valence-corrected chi connectivity index (χ0v) is 11.3. The number of hydrogen-bond acceptors (Lipinski definition) is 4. The highest BCUT2D eigenvalue weighted by Crippen LogP contribution is 2.32. The molecule has 0 amide bonds. The molecule has 0 fully saturated rings. The van der Waals surface area contributed by atoms with E-state index in [1.165, 1.54) is 0 Å². The van der Waals surface area contributed by atoms with Crippen LogP contribution in [0.15, 0.2) is 18.2 Å². The minimum atomic E-state index is 0.0286. The Labute approximate surface area is 108 Å². The third-order valence-corrected chi connectivity index (χ3v) is 4.64. The van der Waals surface area contributed by atoms with E-state index in [-0.39, 0.29) is 6.04 Å². The van der Waals surface area contributed by atoms with Crippen molar-refractivity contribution in [3.63, 3.8) is 0 Å². The van der Waals surface area contributed by atoms with Crippen LogP contribution in [0.1, 0.15) is 17.5 Å². The number of nitrogens with zero attached hydrogens (tertiary/aromatic N) is 1. The van der Waals surface area contributed by atoms with E-state index in [1.54, 1.807) is 23.1 Å². The molecule has 2 rings (SSSR count). The van der Waals surface area contributed by atoms with Crippen molar-refractivity contribution in [1.82, 2.24) is 4.98 Å². The van der Waals surface area contributed by atoms with Crippen molar-refractivity contribution in [3.8, 4) is 0 Å². The normalized spacial score (nSPS) is 13.2. The fourth-order valence-electron chi connectivity index (χ4n) is 1.46. The predicted molar refractivity (Wildman–Crippen MR) is 74.6 cm³/mol. The second-order valence-corrected chi connectivity index (χ2v) is 5.95. The van der Waals surface area contributed by atoms with Gasteiger partial charge in [-0.2, -0.15) is 11.8 Å². The van der Waals surface area contributed by atoms with Crippen LogP contribution in [0.25, 0.3) is 10.2 Å². The average molecular weight is 273 g/mol. The van der Waals surface area contributed by atoms with Gasteiger partial charge in [-0.25, -0.2) is 4.98 Å². The molecule has 0 spiro atoms. The molecular formula is C11H13ClN2S2. The standard InChI is InChI=1S/C11H13ClN2S2/c1-15-6-5-8(13)11-14-9-4-2-3-7(12)10(9)16-11/h2-4,8H,5-6,13H2,1H3. The molecule has 0 aliphatic heterocycles. The van der Waals surface area contributed by atoms with Crippen molar-refractivity contribution in [2.75, 3.05) is 12.0 Å². The van der Waals surface area contributed by atoms with E-state index in [4.69, 9.17) is 17.3 Å². The maximum atomic E-state index is 6.10. The van der Waals surface area contributed by atoms with Gasteiger partial charge in [-0.05, 0) is 30.6 Å². The van der Waals surface area contributed by atoms with Gasteiger partial charge in [0.15, 0.2) is 0 Å². The molecule has 2 nitrogen and oxygen atoms in total. The maximum absolute atomic E-state index is 6.10. The van der Waals surface area contributed by atoms with E-state index in [0.29, 0.717) is 0 Å². The van der Waals surface area contributed by atoms with Gasteiger partial charge >= 0.3 is 0 Å². The van der Waals surface area contributed by atoms with E-state index in [9.17, 15) is 0 Å². The van der Waals surface area contributed by atoms with Gasteiger partial charge in [0.1, 0.15) is 5.01 Å². The lowest BCUT2D eigenvalue weighted by Crippen LogP contribution is -2.10. The van der Waals surface area contributed by atoms with E-state index in [0.717, 1.165) is 32.4 Å². The first-order chi connectivity index (χ1) is 7.72. The minimum absolute atomic E-state index is 0.0286. The number of thiazole rings is 1. The molecule has 0 bridgehead atoms. The molecule has 1 heterocycles. The number of hydrogen-bond donors (Lipinski definition) is 1. The van der Waals surface area contributed by atoms with Gasteiger partial charge in [0.25, 0.3) is 0 Å². The highest BCUT2D eigenvalue weighted by Gasteiger charge is 2.12. The Morgan fingerprint density at radius 3 is 3.06 bits per heavy atom. The van der Waals surface area contributed by atoms with E-state index in [1.807, 2.05) is 18.2 Å². The summed E-state index contributed by atoms with van der Waals surface area (Å²) in [6.07, 6.45) is 3.04. The number of aromatic nitrogens is 1. The molecule has 0 aliphatic rings. The molecule has 1 unspecified atom stereocenters. The summed E-state index contributed by atoms with van der Waals surface area (Å²) in [6.45, 7) is 0. The summed E-state index contributed by atoms with van der Waals surface area (Å²) in [7, 11) is 0. The van der Waals surface area contributed by atoms with Gasteiger partial charge in [-0.15, -0.1) is 11.3 Å². The summed E-state index contributed by atoms with van der Waals surface area (Å²) in [4.78, 5) is 4.53. The van der Waals surface area contributed by atoms with Crippen LogP contribution in [0.4, 0.5) is 0 Å². The first kappa shape index (κ1) is 12.2. The molecule has 0 aliphatic carbocycles. The van der Waals surface area contributed by atoms with Crippen LogP contribution in [0.3, 0.4) is 0 Å². The molecule has 1 atom stereocenters. The average Bonchev–Trinajstić information content (AvgIpc) is 2.71. The largest absolute Gasteiger partial charge is 0.322 e. The zero-order chi connectivity index (χ0) is 11.5. The molecule has 2 aromatic rings. The van der Waals surface area contributed by atoms with Crippen molar-refractivity contribution >= 4 is 44.9 Å². The van der Waals surface area contributed by atoms with Crippen LogP contribution in [0.2, 0.25) is 5.02 Å². The Morgan fingerprint density at radius 1 is 1.56 bits per heavy atom. The Kier molecular flexibility index (Phi) is 4.08. The van der Waals surface area contributed by atoms with Gasteiger partial charge in [0.05, 0.1) is 21.3 Å². The van der Waals surface area contributed by atoms with Gasteiger partial charge in [-0.3, -0.25) is 0 Å². The molecule has 86 valence electrons. The lowest BCUT2D eigenvalue weighted by molar-refractivity contribution is 0.701. The monoisotopic (exact) mass is 272 g/mol. The summed E-state index contributed by atoms with van der Waals surface area (Å²) < 4.78 is 1.04. The van der Waals surface area contributed by atoms with Crippen LogP contribution in [-0.2, 0) is 0 Å². The zero-order valence-electron chi connectivity index (χ0n) is 8.94. The molecule has 2 N–H and O–H groups in total. The van der Waals surface area contributed by atoms with Crippen LogP contribution in [0, 0.1) is 0 Å². The van der Waals surface area contributed by atoms with Crippen molar-refractivity contribution in [2.24, 2.45) is 5.73 Å². The van der Waals surface area contributed by atoms with Gasteiger partial charge in [-0.1, -0.05) is 17.7 Å². The summed E-state index contributed by atoms with van der Waals surface area (Å²) >= 11 is 9.52. The van der Waals surface area contributed by atoms with Crippen LogP contribution in [-0.4, -0.2) is 17.0 Å². The topological polar surface area (TPSA) is 38.9 Å². The predicted octanol–water partition coefficient (Wildman–Crippen LogP) is 3.70. The molecule has 0 radical (unpaired) electrons.